The Kier molecular flexibility index (Phi) is 6.94. The van der Waals surface area contributed by atoms with E-state index in [0.717, 1.165) is 11.1 Å². The van der Waals surface area contributed by atoms with Crippen LogP contribution in [0, 0.1) is 6.92 Å². The summed E-state index contributed by atoms with van der Waals surface area (Å²) < 4.78 is 51.0. The lowest BCUT2D eigenvalue weighted by atomic mass is 10.0. The summed E-state index contributed by atoms with van der Waals surface area (Å²) in [7, 11) is -3.40. The van der Waals surface area contributed by atoms with Gasteiger partial charge in [-0.3, -0.25) is 0 Å². The van der Waals surface area contributed by atoms with Crippen LogP contribution in [-0.4, -0.2) is 65.2 Å². The van der Waals surface area contributed by atoms with Crippen molar-refractivity contribution in [1.29, 1.82) is 0 Å². The van der Waals surface area contributed by atoms with Crippen molar-refractivity contribution in [3.05, 3.63) is 64.7 Å². The Morgan fingerprint density at radius 1 is 1.07 bits per heavy atom. The zero-order valence-corrected chi connectivity index (χ0v) is 19.6. The average molecular weight is 471 g/mol. The first kappa shape index (κ1) is 23.2. The van der Waals surface area contributed by atoms with Gasteiger partial charge in [0.15, 0.2) is 19.7 Å². The monoisotopic (exact) mass is 470 g/mol. The Morgan fingerprint density at radius 2 is 1.67 bits per heavy atom. The number of rotatable bonds is 7. The van der Waals surface area contributed by atoms with Crippen LogP contribution in [-0.2, 0) is 19.7 Å². The Balaban J connectivity index is 1.83. The largest absolute Gasteiger partial charge is 0.310 e. The molecule has 30 heavy (non-hydrogen) atoms. The molecule has 2 aromatic rings. The number of benzene rings is 2. The number of hydrogen-bond acceptors (Lipinski definition) is 6. The number of nitrogens with zero attached hydrogens (tertiary/aromatic N) is 1. The van der Waals surface area contributed by atoms with Gasteiger partial charge in [-0.1, -0.05) is 41.4 Å². The van der Waals surface area contributed by atoms with E-state index >= 15 is 0 Å². The number of sulfone groups is 2. The number of nitrogens with one attached hydrogen (secondary N) is 1. The first-order chi connectivity index (χ1) is 14.0. The molecule has 1 N–H and O–H groups in total. The Morgan fingerprint density at radius 3 is 2.23 bits per heavy atom. The fourth-order valence-corrected chi connectivity index (χ4v) is 8.60. The maximum Gasteiger partial charge on any atom is 0.183 e. The number of hydrogen-bond donors (Lipinski definition) is 1. The van der Waals surface area contributed by atoms with Gasteiger partial charge in [-0.15, -0.1) is 0 Å². The molecule has 164 valence electrons. The third-order valence-electron chi connectivity index (χ3n) is 5.50. The van der Waals surface area contributed by atoms with Gasteiger partial charge in [-0.25, -0.2) is 16.8 Å². The van der Waals surface area contributed by atoms with Gasteiger partial charge >= 0.3 is 0 Å². The second-order valence-corrected chi connectivity index (χ2v) is 12.8. The van der Waals surface area contributed by atoms with Crippen molar-refractivity contribution in [2.24, 2.45) is 0 Å². The van der Waals surface area contributed by atoms with Gasteiger partial charge in [0.2, 0.25) is 0 Å². The molecule has 1 aliphatic rings. The average Bonchev–Trinajstić information content (AvgIpc) is 2.99. The van der Waals surface area contributed by atoms with E-state index in [1.807, 2.05) is 50.2 Å². The van der Waals surface area contributed by atoms with Gasteiger partial charge in [-0.2, -0.15) is 0 Å². The highest BCUT2D eigenvalue weighted by Crippen LogP contribution is 2.28. The standard InChI is InChI=1S/C21H27ClN2O4S2/c1-15-4-6-16(7-5-15)20(24(2)3)12-23-19-13-29(25,26)14-21(19)30(27,28)18-10-8-17(22)9-11-18/h4-11,19-21,23H,12-14H2,1-3H3/t19-,20?,21-/m0/s1. The molecule has 1 heterocycles. The van der Waals surface area contributed by atoms with Crippen LogP contribution in [0.5, 0.6) is 0 Å². The van der Waals surface area contributed by atoms with E-state index in [1.54, 1.807) is 0 Å². The fraction of sp³-hybridized carbons (Fsp3) is 0.429. The Bertz CT molecular complexity index is 1080. The number of aryl methyl sites for hydroxylation is 1. The van der Waals surface area contributed by atoms with Crippen LogP contribution >= 0.6 is 11.6 Å². The summed E-state index contributed by atoms with van der Waals surface area (Å²) in [6.45, 7) is 2.45. The number of halogens is 1. The Hall–Kier alpha value is -1.45. The first-order valence-corrected chi connectivity index (χ1v) is 13.4. The molecule has 3 rings (SSSR count). The van der Waals surface area contributed by atoms with Crippen LogP contribution in [0.3, 0.4) is 0 Å². The normalized spacial score (nSPS) is 22.3. The quantitative estimate of drug-likeness (QED) is 0.669. The summed E-state index contributed by atoms with van der Waals surface area (Å²) in [4.78, 5) is 2.12. The third kappa shape index (κ3) is 5.23. The summed E-state index contributed by atoms with van der Waals surface area (Å²) in [6, 6.07) is 13.3. The van der Waals surface area contributed by atoms with Crippen molar-refractivity contribution < 1.29 is 16.8 Å². The first-order valence-electron chi connectivity index (χ1n) is 9.66. The molecule has 0 radical (unpaired) electrons. The molecule has 1 unspecified atom stereocenters. The predicted molar refractivity (Wildman–Crippen MR) is 120 cm³/mol. The van der Waals surface area contributed by atoms with E-state index in [9.17, 15) is 16.8 Å². The smallest absolute Gasteiger partial charge is 0.183 e. The molecule has 1 saturated heterocycles. The van der Waals surface area contributed by atoms with Gasteiger partial charge in [0.05, 0.1) is 21.7 Å². The molecule has 0 aromatic heterocycles. The maximum absolute atomic E-state index is 13.2. The molecular weight excluding hydrogens is 444 g/mol. The molecule has 1 aliphatic heterocycles. The summed E-state index contributed by atoms with van der Waals surface area (Å²) in [6.07, 6.45) is 0. The van der Waals surface area contributed by atoms with E-state index < -0.39 is 31.0 Å². The molecule has 0 amide bonds. The van der Waals surface area contributed by atoms with Gasteiger partial charge in [-0.05, 0) is 50.8 Å². The summed E-state index contributed by atoms with van der Waals surface area (Å²) in [5.41, 5.74) is 2.23. The van der Waals surface area contributed by atoms with E-state index in [1.165, 1.54) is 24.3 Å². The topological polar surface area (TPSA) is 83.5 Å². The molecule has 6 nitrogen and oxygen atoms in total. The highest BCUT2D eigenvalue weighted by atomic mass is 35.5. The summed E-state index contributed by atoms with van der Waals surface area (Å²) in [5, 5.41) is 2.63. The molecule has 0 bridgehead atoms. The van der Waals surface area contributed by atoms with Crippen molar-refractivity contribution in [3.63, 3.8) is 0 Å². The number of likely N-dealkylation sites (N-methyl/N-ethyl adjacent to an activating group) is 1. The molecule has 0 saturated carbocycles. The lowest BCUT2D eigenvalue weighted by Crippen LogP contribution is -2.46. The minimum Gasteiger partial charge on any atom is -0.310 e. The summed E-state index contributed by atoms with van der Waals surface area (Å²) >= 11 is 5.87. The second-order valence-electron chi connectivity index (χ2n) is 8.02. The molecule has 0 aliphatic carbocycles. The van der Waals surface area contributed by atoms with E-state index in [2.05, 4.69) is 5.32 Å². The molecular formula is C21H27ClN2O4S2. The van der Waals surface area contributed by atoms with E-state index in [0.29, 0.717) is 11.6 Å². The lowest BCUT2D eigenvalue weighted by molar-refractivity contribution is 0.282. The predicted octanol–water partition coefficient (Wildman–Crippen LogP) is 2.48. The van der Waals surface area contributed by atoms with Crippen LogP contribution in [0.25, 0.3) is 0 Å². The maximum atomic E-state index is 13.2. The lowest BCUT2D eigenvalue weighted by Gasteiger charge is -2.28. The molecule has 2 aromatic carbocycles. The third-order valence-corrected chi connectivity index (χ3v) is 9.92. The molecule has 3 atom stereocenters. The van der Waals surface area contributed by atoms with Crippen molar-refractivity contribution in [3.8, 4) is 0 Å². The molecule has 1 fully saturated rings. The van der Waals surface area contributed by atoms with E-state index in [-0.39, 0.29) is 22.4 Å². The van der Waals surface area contributed by atoms with Crippen LogP contribution in [0.4, 0.5) is 0 Å². The van der Waals surface area contributed by atoms with Crippen LogP contribution in [0.15, 0.2) is 53.4 Å². The fourth-order valence-electron chi connectivity index (χ4n) is 3.76. The summed E-state index contributed by atoms with van der Waals surface area (Å²) in [5.74, 6) is -0.578. The minimum atomic E-state index is -3.83. The van der Waals surface area contributed by atoms with Crippen molar-refractivity contribution in [1.82, 2.24) is 10.2 Å². The van der Waals surface area contributed by atoms with Gasteiger partial charge in [0.25, 0.3) is 0 Å². The highest BCUT2D eigenvalue weighted by Gasteiger charge is 2.45. The molecule has 9 heteroatoms. The Labute approximate surface area is 184 Å². The van der Waals surface area contributed by atoms with E-state index in [4.69, 9.17) is 11.6 Å². The highest BCUT2D eigenvalue weighted by molar-refractivity contribution is 7.96. The van der Waals surface area contributed by atoms with Crippen LogP contribution in [0.1, 0.15) is 17.2 Å². The second kappa shape index (κ2) is 8.96. The van der Waals surface area contributed by atoms with Gasteiger partial charge in [0.1, 0.15) is 0 Å². The minimum absolute atomic E-state index is 0.0206. The zero-order chi connectivity index (χ0) is 22.1. The van der Waals surface area contributed by atoms with Gasteiger partial charge in [0, 0.05) is 23.7 Å². The van der Waals surface area contributed by atoms with Gasteiger partial charge < -0.3 is 10.2 Å². The SMILES string of the molecule is Cc1ccc(C(CN[C@H]2CS(=O)(=O)C[C@@H]2S(=O)(=O)c2ccc(Cl)cc2)N(C)C)cc1. The zero-order valence-electron chi connectivity index (χ0n) is 17.2. The molecule has 0 spiro atoms. The van der Waals surface area contributed by atoms with Crippen molar-refractivity contribution in [2.75, 3.05) is 32.1 Å². The van der Waals surface area contributed by atoms with Crippen molar-refractivity contribution >= 4 is 31.3 Å². The van der Waals surface area contributed by atoms with Crippen LogP contribution in [0.2, 0.25) is 5.02 Å². The van der Waals surface area contributed by atoms with Crippen molar-refractivity contribution in [2.45, 2.75) is 29.2 Å². The van der Waals surface area contributed by atoms with Crippen LogP contribution < -0.4 is 5.32 Å².